The second kappa shape index (κ2) is 7.80. The van der Waals surface area contributed by atoms with Gasteiger partial charge in [0.1, 0.15) is 11.8 Å². The Hall–Kier alpha value is -3.22. The van der Waals surface area contributed by atoms with Crippen LogP contribution in [-0.4, -0.2) is 22.8 Å². The van der Waals surface area contributed by atoms with Crippen LogP contribution >= 0.6 is 0 Å². The lowest BCUT2D eigenvalue weighted by Gasteiger charge is -2.13. The molecule has 6 nitrogen and oxygen atoms in total. The number of hydrogen-bond acceptors (Lipinski definition) is 5. The Balaban J connectivity index is 1.45. The van der Waals surface area contributed by atoms with Crippen LogP contribution in [-0.2, 0) is 4.79 Å². The molecule has 0 radical (unpaired) electrons. The van der Waals surface area contributed by atoms with E-state index in [1.165, 1.54) is 10.8 Å². The molecule has 0 spiro atoms. The zero-order valence-corrected chi connectivity index (χ0v) is 15.5. The molecule has 1 aliphatic rings. The highest BCUT2D eigenvalue weighted by atomic mass is 16.3. The Kier molecular flexibility index (Phi) is 5.06. The van der Waals surface area contributed by atoms with Crippen LogP contribution in [0.25, 0.3) is 10.8 Å². The van der Waals surface area contributed by atoms with Crippen LogP contribution in [0.2, 0.25) is 0 Å². The Bertz CT molecular complexity index is 1040. The highest BCUT2D eigenvalue weighted by Gasteiger charge is 2.30. The summed E-state index contributed by atoms with van der Waals surface area (Å²) in [5, 5.41) is 16.4. The third-order valence-electron chi connectivity index (χ3n) is 5.05. The van der Waals surface area contributed by atoms with Crippen molar-refractivity contribution in [3.05, 3.63) is 77.9 Å². The lowest BCUT2D eigenvalue weighted by molar-refractivity contribution is -0.122. The van der Waals surface area contributed by atoms with Crippen molar-refractivity contribution in [3.8, 4) is 5.75 Å². The van der Waals surface area contributed by atoms with Crippen molar-refractivity contribution in [2.24, 2.45) is 5.10 Å². The highest BCUT2D eigenvalue weighted by Crippen LogP contribution is 2.29. The molecule has 1 amide bonds. The minimum Gasteiger partial charge on any atom is -0.507 e. The fourth-order valence-electron chi connectivity index (χ4n) is 3.54. The molecule has 0 saturated carbocycles. The van der Waals surface area contributed by atoms with Gasteiger partial charge in [0.05, 0.1) is 5.71 Å². The van der Waals surface area contributed by atoms with E-state index in [-0.39, 0.29) is 17.7 Å². The van der Waals surface area contributed by atoms with E-state index >= 15 is 0 Å². The van der Waals surface area contributed by atoms with Gasteiger partial charge < -0.3 is 5.11 Å². The number of nitrogens with one attached hydrogen (secondary N) is 3. The van der Waals surface area contributed by atoms with Gasteiger partial charge in [-0.15, -0.1) is 0 Å². The maximum Gasteiger partial charge on any atom is 0.258 e. The van der Waals surface area contributed by atoms with E-state index in [2.05, 4.69) is 45.6 Å². The predicted molar refractivity (Wildman–Crippen MR) is 110 cm³/mol. The first-order valence-electron chi connectivity index (χ1n) is 9.24. The minimum atomic E-state index is -0.398. The van der Waals surface area contributed by atoms with Crippen molar-refractivity contribution in [1.82, 2.24) is 16.3 Å². The molecule has 4 N–H and O–H groups in total. The van der Waals surface area contributed by atoms with Crippen LogP contribution in [0.15, 0.2) is 71.8 Å². The molecule has 0 aliphatic carbocycles. The summed E-state index contributed by atoms with van der Waals surface area (Å²) in [6.45, 7) is 1.74. The molecule has 1 saturated heterocycles. The fourth-order valence-corrected chi connectivity index (χ4v) is 3.54. The summed E-state index contributed by atoms with van der Waals surface area (Å²) in [4.78, 5) is 12.5. The smallest absolute Gasteiger partial charge is 0.258 e. The summed E-state index contributed by atoms with van der Waals surface area (Å²) in [5.41, 5.74) is 11.2. The first kappa shape index (κ1) is 18.2. The molecule has 142 valence electrons. The van der Waals surface area contributed by atoms with Crippen molar-refractivity contribution >= 4 is 22.4 Å². The number of aromatic hydroxyl groups is 1. The van der Waals surface area contributed by atoms with E-state index < -0.39 is 6.04 Å². The Labute approximate surface area is 163 Å². The molecule has 0 aromatic heterocycles. The van der Waals surface area contributed by atoms with Crippen LogP contribution in [0.1, 0.15) is 30.5 Å². The van der Waals surface area contributed by atoms with Gasteiger partial charge in [-0.2, -0.15) is 5.10 Å². The lowest BCUT2D eigenvalue weighted by Crippen LogP contribution is -2.41. The van der Waals surface area contributed by atoms with Crippen LogP contribution in [0, 0.1) is 0 Å². The summed E-state index contributed by atoms with van der Waals surface area (Å²) in [5.74, 6) is -0.0836. The molecule has 3 aromatic carbocycles. The number of benzene rings is 3. The predicted octanol–water partition coefficient (Wildman–Crippen LogP) is 2.99. The third-order valence-corrected chi connectivity index (χ3v) is 5.05. The number of carbonyl (C=O) groups is 1. The maximum atomic E-state index is 12.5. The van der Waals surface area contributed by atoms with Crippen molar-refractivity contribution < 1.29 is 9.90 Å². The largest absolute Gasteiger partial charge is 0.507 e. The SMILES string of the molecule is C/C(=N\NC(=O)C1CC(c2cccc3ccccc23)NN1)c1ccccc1O. The number of para-hydroxylation sites is 1. The van der Waals surface area contributed by atoms with Gasteiger partial charge in [0, 0.05) is 11.6 Å². The summed E-state index contributed by atoms with van der Waals surface area (Å²) in [6.07, 6.45) is 0.616. The number of hydrazine groups is 1. The van der Waals surface area contributed by atoms with Crippen molar-refractivity contribution in [3.63, 3.8) is 0 Å². The molecular formula is C22H22N4O2. The summed E-state index contributed by atoms with van der Waals surface area (Å²) in [6, 6.07) is 21.0. The molecule has 1 heterocycles. The van der Waals surface area contributed by atoms with Crippen LogP contribution in [0.4, 0.5) is 0 Å². The van der Waals surface area contributed by atoms with E-state index in [4.69, 9.17) is 0 Å². The third kappa shape index (κ3) is 3.60. The van der Waals surface area contributed by atoms with Gasteiger partial charge in [-0.05, 0) is 41.8 Å². The molecular weight excluding hydrogens is 352 g/mol. The van der Waals surface area contributed by atoms with E-state index in [1.54, 1.807) is 25.1 Å². The lowest BCUT2D eigenvalue weighted by atomic mass is 9.96. The average molecular weight is 374 g/mol. The van der Waals surface area contributed by atoms with Crippen LogP contribution < -0.4 is 16.3 Å². The van der Waals surface area contributed by atoms with E-state index in [0.29, 0.717) is 17.7 Å². The molecule has 3 aromatic rings. The molecule has 2 atom stereocenters. The second-order valence-electron chi connectivity index (χ2n) is 6.89. The quantitative estimate of drug-likeness (QED) is 0.418. The Morgan fingerprint density at radius 3 is 2.64 bits per heavy atom. The highest BCUT2D eigenvalue weighted by molar-refractivity contribution is 6.01. The van der Waals surface area contributed by atoms with Gasteiger partial charge in [-0.1, -0.05) is 54.6 Å². The molecule has 0 bridgehead atoms. The van der Waals surface area contributed by atoms with Gasteiger partial charge in [0.15, 0.2) is 0 Å². The van der Waals surface area contributed by atoms with E-state index in [9.17, 15) is 9.90 Å². The van der Waals surface area contributed by atoms with Gasteiger partial charge in [-0.25, -0.2) is 16.3 Å². The fraction of sp³-hybridized carbons (Fsp3) is 0.182. The minimum absolute atomic E-state index is 0.0325. The first-order chi connectivity index (χ1) is 13.6. The zero-order chi connectivity index (χ0) is 19.5. The van der Waals surface area contributed by atoms with Gasteiger partial charge >= 0.3 is 0 Å². The standard InChI is InChI=1S/C22H22N4O2/c1-14(16-9-4-5-12-21(16)27)23-26-22(28)20-13-19(24-25-20)18-11-6-8-15-7-2-3-10-17(15)18/h2-12,19-20,24-25,27H,13H2,1H3,(H,26,28)/b23-14+. The van der Waals surface area contributed by atoms with E-state index in [1.807, 2.05) is 24.3 Å². The summed E-state index contributed by atoms with van der Waals surface area (Å²) in [7, 11) is 0. The number of phenolic OH excluding ortho intramolecular Hbond substituents is 1. The number of carbonyl (C=O) groups excluding carboxylic acids is 1. The Morgan fingerprint density at radius 2 is 1.79 bits per heavy atom. The molecule has 4 rings (SSSR count). The first-order valence-corrected chi connectivity index (χ1v) is 9.24. The second-order valence-corrected chi connectivity index (χ2v) is 6.89. The number of fused-ring (bicyclic) bond motifs is 1. The van der Waals surface area contributed by atoms with Crippen LogP contribution in [0.5, 0.6) is 5.75 Å². The number of nitrogens with zero attached hydrogens (tertiary/aromatic N) is 1. The van der Waals surface area contributed by atoms with Crippen molar-refractivity contribution in [2.45, 2.75) is 25.4 Å². The molecule has 2 unspecified atom stereocenters. The van der Waals surface area contributed by atoms with Gasteiger partial charge in [0.25, 0.3) is 5.91 Å². The Morgan fingerprint density at radius 1 is 1.04 bits per heavy atom. The van der Waals surface area contributed by atoms with Crippen molar-refractivity contribution in [1.29, 1.82) is 0 Å². The number of phenols is 1. The number of hydrazone groups is 1. The number of hydrogen-bond donors (Lipinski definition) is 4. The monoisotopic (exact) mass is 374 g/mol. The molecule has 1 aliphatic heterocycles. The topological polar surface area (TPSA) is 85.8 Å². The number of rotatable bonds is 4. The van der Waals surface area contributed by atoms with Crippen LogP contribution in [0.3, 0.4) is 0 Å². The van der Waals surface area contributed by atoms with E-state index in [0.717, 1.165) is 5.56 Å². The molecule has 6 heteroatoms. The molecule has 1 fully saturated rings. The molecule has 28 heavy (non-hydrogen) atoms. The maximum absolute atomic E-state index is 12.5. The normalized spacial score (nSPS) is 19.7. The van der Waals surface area contributed by atoms with Gasteiger partial charge in [-0.3, -0.25) is 4.79 Å². The zero-order valence-electron chi connectivity index (χ0n) is 15.5. The summed E-state index contributed by atoms with van der Waals surface area (Å²) < 4.78 is 0. The number of amides is 1. The average Bonchev–Trinajstić information content (AvgIpc) is 3.22. The van der Waals surface area contributed by atoms with Crippen molar-refractivity contribution in [2.75, 3.05) is 0 Å². The van der Waals surface area contributed by atoms with Gasteiger partial charge in [0.2, 0.25) is 0 Å². The summed E-state index contributed by atoms with van der Waals surface area (Å²) >= 11 is 0.